The molecule has 3 aromatic rings. The number of aromatic nitrogens is 1. The average molecular weight is 393 g/mol. The lowest BCUT2D eigenvalue weighted by Crippen LogP contribution is -2.15. The average Bonchev–Trinajstić information content (AvgIpc) is 2.64. The number of anilines is 3. The largest absolute Gasteiger partial charge is 0.352 e. The van der Waals surface area contributed by atoms with Gasteiger partial charge in [0.15, 0.2) is 17.5 Å². The Kier molecular flexibility index (Phi) is 5.04. The number of nitrogens with zero attached hydrogens (tertiary/aromatic N) is 1. The van der Waals surface area contributed by atoms with E-state index >= 15 is 0 Å². The van der Waals surface area contributed by atoms with Crippen molar-refractivity contribution in [3.63, 3.8) is 0 Å². The van der Waals surface area contributed by atoms with Crippen LogP contribution in [0.25, 0.3) is 0 Å². The molecule has 0 saturated carbocycles. The molecule has 2 N–H and O–H groups in total. The zero-order valence-corrected chi connectivity index (χ0v) is 14.8. The van der Waals surface area contributed by atoms with Crippen molar-refractivity contribution in [3.8, 4) is 0 Å². The standard InChI is InChI=1S/C18H14F3N3O2S/c1-11-4-2-3-5-15(11)27(25,26)24-16-9-6-12(10-22-16)23-14-8-7-13(19)17(20)18(14)21/h2-10,23H,1H3,(H,22,24). The van der Waals surface area contributed by atoms with Crippen LogP contribution in [0.15, 0.2) is 59.6 Å². The third kappa shape index (κ3) is 4.03. The Morgan fingerprint density at radius 2 is 1.67 bits per heavy atom. The lowest BCUT2D eigenvalue weighted by molar-refractivity contribution is 0.449. The van der Waals surface area contributed by atoms with Crippen LogP contribution in [0, 0.1) is 24.4 Å². The van der Waals surface area contributed by atoms with E-state index in [1.165, 1.54) is 24.4 Å². The normalized spacial score (nSPS) is 11.3. The van der Waals surface area contributed by atoms with Gasteiger partial charge in [-0.1, -0.05) is 18.2 Å². The van der Waals surface area contributed by atoms with Crippen LogP contribution < -0.4 is 10.0 Å². The van der Waals surface area contributed by atoms with Crippen LogP contribution in [0.5, 0.6) is 0 Å². The van der Waals surface area contributed by atoms with Gasteiger partial charge in [-0.15, -0.1) is 0 Å². The summed E-state index contributed by atoms with van der Waals surface area (Å²) < 4.78 is 67.1. The lowest BCUT2D eigenvalue weighted by Gasteiger charge is -2.11. The zero-order chi connectivity index (χ0) is 19.6. The highest BCUT2D eigenvalue weighted by Gasteiger charge is 2.17. The molecule has 0 aliphatic rings. The number of sulfonamides is 1. The SMILES string of the molecule is Cc1ccccc1S(=O)(=O)Nc1ccc(Nc2ccc(F)c(F)c2F)cn1. The molecule has 0 aliphatic heterocycles. The Balaban J connectivity index is 1.78. The van der Waals surface area contributed by atoms with Crippen LogP contribution in [0.4, 0.5) is 30.4 Å². The fourth-order valence-corrected chi connectivity index (χ4v) is 3.61. The first-order chi connectivity index (χ1) is 12.8. The molecule has 1 heterocycles. The van der Waals surface area contributed by atoms with Crippen molar-refractivity contribution in [2.75, 3.05) is 10.0 Å². The molecule has 0 amide bonds. The predicted octanol–water partition coefficient (Wildman–Crippen LogP) is 4.35. The van der Waals surface area contributed by atoms with Crippen molar-refractivity contribution in [1.29, 1.82) is 0 Å². The van der Waals surface area contributed by atoms with Gasteiger partial charge < -0.3 is 5.32 Å². The number of pyridine rings is 1. The fraction of sp³-hybridized carbons (Fsp3) is 0.0556. The van der Waals surface area contributed by atoms with E-state index in [0.717, 1.165) is 12.1 Å². The molecule has 1 aromatic heterocycles. The summed E-state index contributed by atoms with van der Waals surface area (Å²) in [7, 11) is -3.82. The monoisotopic (exact) mass is 393 g/mol. The van der Waals surface area contributed by atoms with Crippen LogP contribution >= 0.6 is 0 Å². The highest BCUT2D eigenvalue weighted by Crippen LogP contribution is 2.24. The summed E-state index contributed by atoms with van der Waals surface area (Å²) in [6.07, 6.45) is 1.23. The molecule has 9 heteroatoms. The molecule has 0 spiro atoms. The molecular weight excluding hydrogens is 379 g/mol. The van der Waals surface area contributed by atoms with Gasteiger partial charge in [0.1, 0.15) is 5.82 Å². The molecule has 3 rings (SSSR count). The maximum atomic E-state index is 13.7. The van der Waals surface area contributed by atoms with Crippen molar-refractivity contribution in [1.82, 2.24) is 4.98 Å². The van der Waals surface area contributed by atoms with Crippen LogP contribution in [-0.2, 0) is 10.0 Å². The second-order valence-electron chi connectivity index (χ2n) is 5.65. The fourth-order valence-electron chi connectivity index (χ4n) is 2.36. The number of hydrogen-bond donors (Lipinski definition) is 2. The highest BCUT2D eigenvalue weighted by atomic mass is 32.2. The quantitative estimate of drug-likeness (QED) is 0.632. The van der Waals surface area contributed by atoms with E-state index in [4.69, 9.17) is 0 Å². The Morgan fingerprint density at radius 3 is 2.33 bits per heavy atom. The molecule has 0 bridgehead atoms. The number of hydrogen-bond acceptors (Lipinski definition) is 4. The van der Waals surface area contributed by atoms with E-state index in [-0.39, 0.29) is 22.1 Å². The molecule has 27 heavy (non-hydrogen) atoms. The molecule has 5 nitrogen and oxygen atoms in total. The van der Waals surface area contributed by atoms with Crippen molar-refractivity contribution in [3.05, 3.63) is 77.7 Å². The van der Waals surface area contributed by atoms with Crippen LogP contribution in [-0.4, -0.2) is 13.4 Å². The zero-order valence-electron chi connectivity index (χ0n) is 14.0. The van der Waals surface area contributed by atoms with Gasteiger partial charge in [0.05, 0.1) is 22.5 Å². The maximum Gasteiger partial charge on any atom is 0.263 e. The topological polar surface area (TPSA) is 71.1 Å². The summed E-state index contributed by atoms with van der Waals surface area (Å²) in [5.74, 6) is -4.19. The van der Waals surface area contributed by atoms with Crippen molar-refractivity contribution in [2.24, 2.45) is 0 Å². The third-order valence-corrected chi connectivity index (χ3v) is 5.21. The smallest absolute Gasteiger partial charge is 0.263 e. The first kappa shape index (κ1) is 18.7. The molecule has 0 unspecified atom stereocenters. The molecule has 0 radical (unpaired) electrons. The highest BCUT2D eigenvalue weighted by molar-refractivity contribution is 7.92. The Morgan fingerprint density at radius 1 is 0.926 bits per heavy atom. The van der Waals surface area contributed by atoms with E-state index in [9.17, 15) is 21.6 Å². The Hall–Kier alpha value is -3.07. The minimum atomic E-state index is -3.82. The van der Waals surface area contributed by atoms with Gasteiger partial charge >= 0.3 is 0 Å². The third-order valence-electron chi connectivity index (χ3n) is 3.70. The van der Waals surface area contributed by atoms with E-state index in [1.807, 2.05) is 0 Å². The van der Waals surface area contributed by atoms with Crippen molar-refractivity contribution >= 4 is 27.2 Å². The minimum absolute atomic E-state index is 0.0505. The van der Waals surface area contributed by atoms with Gasteiger partial charge in [-0.3, -0.25) is 4.72 Å². The van der Waals surface area contributed by atoms with E-state index in [1.54, 1.807) is 25.1 Å². The summed E-state index contributed by atoms with van der Waals surface area (Å²) >= 11 is 0. The summed E-state index contributed by atoms with van der Waals surface area (Å²) in [6.45, 7) is 1.67. The lowest BCUT2D eigenvalue weighted by atomic mass is 10.2. The maximum absolute atomic E-state index is 13.7. The van der Waals surface area contributed by atoms with Crippen LogP contribution in [0.2, 0.25) is 0 Å². The summed E-state index contributed by atoms with van der Waals surface area (Å²) in [5, 5.41) is 2.55. The number of benzene rings is 2. The van der Waals surface area contributed by atoms with Crippen LogP contribution in [0.3, 0.4) is 0 Å². The molecule has 0 aliphatic carbocycles. The number of rotatable bonds is 5. The molecule has 0 atom stereocenters. The van der Waals surface area contributed by atoms with Gasteiger partial charge in [0, 0.05) is 0 Å². The van der Waals surface area contributed by atoms with Crippen molar-refractivity contribution < 1.29 is 21.6 Å². The first-order valence-electron chi connectivity index (χ1n) is 7.73. The molecule has 2 aromatic carbocycles. The van der Waals surface area contributed by atoms with Crippen LogP contribution in [0.1, 0.15) is 5.56 Å². The Labute approximate surface area is 153 Å². The minimum Gasteiger partial charge on any atom is -0.352 e. The summed E-state index contributed by atoms with van der Waals surface area (Å²) in [6, 6.07) is 11.1. The molecule has 0 saturated heterocycles. The number of halogens is 3. The number of nitrogens with one attached hydrogen (secondary N) is 2. The van der Waals surface area contributed by atoms with E-state index < -0.39 is 27.5 Å². The van der Waals surface area contributed by atoms with E-state index in [0.29, 0.717) is 5.56 Å². The first-order valence-corrected chi connectivity index (χ1v) is 9.21. The van der Waals surface area contributed by atoms with Gasteiger partial charge in [0.25, 0.3) is 10.0 Å². The number of aryl methyl sites for hydroxylation is 1. The van der Waals surface area contributed by atoms with Gasteiger partial charge in [-0.25, -0.2) is 26.6 Å². The van der Waals surface area contributed by atoms with Gasteiger partial charge in [-0.05, 0) is 42.8 Å². The van der Waals surface area contributed by atoms with Crippen molar-refractivity contribution in [2.45, 2.75) is 11.8 Å². The Bertz CT molecular complexity index is 1090. The summed E-state index contributed by atoms with van der Waals surface area (Å²) in [5.41, 5.74) is 0.569. The predicted molar refractivity (Wildman–Crippen MR) is 95.8 cm³/mol. The summed E-state index contributed by atoms with van der Waals surface area (Å²) in [4.78, 5) is 4.06. The second kappa shape index (κ2) is 7.28. The molecule has 140 valence electrons. The molecule has 0 fully saturated rings. The van der Waals surface area contributed by atoms with Gasteiger partial charge in [-0.2, -0.15) is 0 Å². The van der Waals surface area contributed by atoms with E-state index in [2.05, 4.69) is 15.0 Å². The van der Waals surface area contributed by atoms with Gasteiger partial charge in [0.2, 0.25) is 0 Å². The second-order valence-corrected chi connectivity index (χ2v) is 7.30. The molecular formula is C18H14F3N3O2S.